The molecule has 10 N–H and O–H groups in total. The van der Waals surface area contributed by atoms with Gasteiger partial charge in [-0.2, -0.15) is 16.8 Å². The van der Waals surface area contributed by atoms with Crippen molar-refractivity contribution in [3.05, 3.63) is 0 Å². The molecule has 0 fully saturated rings. The molecule has 0 aromatic carbocycles. The van der Waals surface area contributed by atoms with Crippen LogP contribution in [0.1, 0.15) is 0 Å². The van der Waals surface area contributed by atoms with Gasteiger partial charge in [-0.05, 0) is 0 Å². The zero-order chi connectivity index (χ0) is 9.99. The summed E-state index contributed by atoms with van der Waals surface area (Å²) in [5, 5.41) is 0. The Hall–Kier alpha value is 3.45. The summed E-state index contributed by atoms with van der Waals surface area (Å²) in [4.78, 5) is 9.95. The molecule has 0 spiro atoms. The van der Waals surface area contributed by atoms with Crippen LogP contribution in [0.5, 0.6) is 0 Å². The maximum absolute atomic E-state index is 9.95. The average molecular weight is 426 g/mol. The van der Waals surface area contributed by atoms with Crippen molar-refractivity contribution in [2.24, 2.45) is 0 Å². The summed E-state index contributed by atoms with van der Waals surface area (Å²) in [6.07, 6.45) is -2.29. The first-order chi connectivity index (χ1) is 5.10. The van der Waals surface area contributed by atoms with Gasteiger partial charge in [0.2, 0.25) is 0 Å². The Morgan fingerprint density at radius 2 is 0.850 bits per heavy atom. The predicted molar refractivity (Wildman–Crippen MR) is 76.5 cm³/mol. The molecule has 0 aliphatic rings. The molecule has 0 saturated carbocycles. The van der Waals surface area contributed by atoms with Gasteiger partial charge in [-0.3, -0.25) is 17.5 Å². The van der Waals surface area contributed by atoms with E-state index in [0.717, 1.165) is 0 Å². The van der Waals surface area contributed by atoms with E-state index >= 15 is 0 Å². The summed E-state index contributed by atoms with van der Waals surface area (Å²) in [6.45, 7) is 0. The molecule has 0 aliphatic heterocycles. The zero-order valence-corrected chi connectivity index (χ0v) is 8.70. The van der Waals surface area contributed by atoms with Crippen LogP contribution < -0.4 is 0 Å². The molecule has 116 valence electrons. The molecule has 0 unspecified atom stereocenters. The molecular formula is CH16Ca2Na2O13S2. The second-order valence-electron chi connectivity index (χ2n) is 1.27. The maximum atomic E-state index is 9.95. The fourth-order valence-electron chi connectivity index (χ4n) is 0.186. The Morgan fingerprint density at radius 3 is 0.950 bits per heavy atom. The van der Waals surface area contributed by atoms with Crippen molar-refractivity contribution in [1.82, 2.24) is 0 Å². The second-order valence-corrected chi connectivity index (χ2v) is 3.32. The molecule has 0 aliphatic carbocycles. The molecule has 0 rings (SSSR count). The normalized spacial score (nSPS) is 7.30. The SMILES string of the molecule is O.O.O.O.O=C(OS(=O)(=O)O)OS(=O)(=O)O.[CaH2].[CaH2].[NaH].[NaH]. The van der Waals surface area contributed by atoms with Crippen LogP contribution in [0.15, 0.2) is 0 Å². The summed E-state index contributed by atoms with van der Waals surface area (Å²) in [5.74, 6) is 0. The fourth-order valence-corrected chi connectivity index (χ4v) is 0.641. The van der Waals surface area contributed by atoms with E-state index in [1.54, 1.807) is 0 Å². The Balaban J connectivity index is -0.0000000216. The molecule has 0 aromatic heterocycles. The molecule has 0 bridgehead atoms. The number of carbonyl (C=O) groups is 1. The summed E-state index contributed by atoms with van der Waals surface area (Å²) in [6, 6.07) is 0. The van der Waals surface area contributed by atoms with Gasteiger partial charge in [0.05, 0.1) is 0 Å². The second kappa shape index (κ2) is 24.7. The van der Waals surface area contributed by atoms with Gasteiger partial charge in [0, 0.05) is 0 Å². The number of rotatable bonds is 2. The van der Waals surface area contributed by atoms with Crippen LogP contribution >= 0.6 is 0 Å². The molecule has 0 aromatic rings. The molecule has 0 atom stereocenters. The van der Waals surface area contributed by atoms with Crippen molar-refractivity contribution >= 4 is 162 Å². The molecule has 0 amide bonds. The Morgan fingerprint density at radius 1 is 0.700 bits per heavy atom. The van der Waals surface area contributed by atoms with E-state index in [-0.39, 0.29) is 156 Å². The van der Waals surface area contributed by atoms with Crippen LogP contribution in [0.25, 0.3) is 0 Å². The molecule has 0 radical (unpaired) electrons. The van der Waals surface area contributed by atoms with Gasteiger partial charge in [0.1, 0.15) is 0 Å². The van der Waals surface area contributed by atoms with Gasteiger partial charge >= 0.3 is 162 Å². The van der Waals surface area contributed by atoms with Crippen molar-refractivity contribution in [3.63, 3.8) is 0 Å². The van der Waals surface area contributed by atoms with E-state index in [1.165, 1.54) is 0 Å². The molecular weight excluding hydrogens is 410 g/mol. The van der Waals surface area contributed by atoms with Gasteiger partial charge in [-0.25, -0.2) is 4.79 Å². The van der Waals surface area contributed by atoms with Crippen molar-refractivity contribution in [2.75, 3.05) is 0 Å². The van der Waals surface area contributed by atoms with E-state index in [2.05, 4.69) is 8.37 Å². The van der Waals surface area contributed by atoms with E-state index < -0.39 is 27.0 Å². The third-order valence-electron chi connectivity index (χ3n) is 0.347. The van der Waals surface area contributed by atoms with Gasteiger partial charge in [0.15, 0.2) is 0 Å². The minimum atomic E-state index is -5.15. The van der Waals surface area contributed by atoms with Crippen molar-refractivity contribution in [2.45, 2.75) is 0 Å². The molecule has 19 heteroatoms. The number of carbonyl (C=O) groups excluding carboxylic acids is 1. The topological polar surface area (TPSA) is 270 Å². The zero-order valence-electron chi connectivity index (χ0n) is 7.07. The van der Waals surface area contributed by atoms with Crippen molar-refractivity contribution in [1.29, 1.82) is 0 Å². The third-order valence-corrected chi connectivity index (χ3v) is 1.04. The van der Waals surface area contributed by atoms with Crippen LogP contribution in [0.2, 0.25) is 0 Å². The van der Waals surface area contributed by atoms with Crippen LogP contribution in [0.3, 0.4) is 0 Å². The first kappa shape index (κ1) is 56.6. The van der Waals surface area contributed by atoms with E-state index in [1.807, 2.05) is 0 Å². The minimum absolute atomic E-state index is 0. The molecule has 0 saturated heterocycles. The van der Waals surface area contributed by atoms with Gasteiger partial charge < -0.3 is 21.9 Å². The number of hydrogen-bond donors (Lipinski definition) is 2. The van der Waals surface area contributed by atoms with Gasteiger partial charge in [-0.15, -0.1) is 0 Å². The summed E-state index contributed by atoms with van der Waals surface area (Å²) in [7, 11) is -10.3. The Bertz CT molecular complexity index is 339. The van der Waals surface area contributed by atoms with Crippen LogP contribution in [0.4, 0.5) is 4.79 Å². The fraction of sp³-hybridized carbons (Fsp3) is 0. The quantitative estimate of drug-likeness (QED) is 0.313. The van der Waals surface area contributed by atoms with E-state index in [0.29, 0.717) is 0 Å². The van der Waals surface area contributed by atoms with E-state index in [9.17, 15) is 21.6 Å². The van der Waals surface area contributed by atoms with Gasteiger partial charge in [-0.1, -0.05) is 0 Å². The van der Waals surface area contributed by atoms with Crippen molar-refractivity contribution in [3.8, 4) is 0 Å². The average Bonchev–Trinajstić information content (AvgIpc) is 1.49. The summed E-state index contributed by atoms with van der Waals surface area (Å²) < 4.78 is 60.1. The molecule has 20 heavy (non-hydrogen) atoms. The van der Waals surface area contributed by atoms with Crippen molar-refractivity contribution < 1.29 is 61.0 Å². The van der Waals surface area contributed by atoms with Crippen LogP contribution in [-0.4, -0.2) is 189 Å². The monoisotopic (exact) mass is 426 g/mol. The summed E-state index contributed by atoms with van der Waals surface area (Å²) >= 11 is 0. The first-order valence-electron chi connectivity index (χ1n) is 1.98. The van der Waals surface area contributed by atoms with E-state index in [4.69, 9.17) is 9.11 Å². The molecule has 0 heterocycles. The third kappa shape index (κ3) is 49.6. The van der Waals surface area contributed by atoms with Crippen LogP contribution in [0, 0.1) is 0 Å². The Kier molecular flexibility index (Phi) is 69.9. The van der Waals surface area contributed by atoms with Gasteiger partial charge in [0.25, 0.3) is 0 Å². The first-order valence-corrected chi connectivity index (χ1v) is 4.71. The Labute approximate surface area is 218 Å². The standard InChI is InChI=1S/CH2O9S2.2Ca.2Na.4H2O.6H/c2-1(9-11(3,4)5)10-12(6,7)8;;;;;;;;;;;;;;/h(H,3,4,5)(H,6,7,8);;;;;4*1H2;;;;;;. The summed E-state index contributed by atoms with van der Waals surface area (Å²) in [5.41, 5.74) is 0. The van der Waals surface area contributed by atoms with Crippen LogP contribution in [-0.2, 0) is 29.2 Å². The predicted octanol–water partition coefficient (Wildman–Crippen LogP) is -7.68. The molecule has 13 nitrogen and oxygen atoms in total. The number of hydrogen-bond acceptors (Lipinski definition) is 7.